The molecule has 86 valence electrons. The molecular weight excluding hydrogens is 270 g/mol. The predicted octanol–water partition coefficient (Wildman–Crippen LogP) is 2.54. The minimum Gasteiger partial charge on any atom is -0.385 e. The quantitative estimate of drug-likeness (QED) is 0.810. The van der Waals surface area contributed by atoms with E-state index in [1.54, 1.807) is 7.11 Å². The van der Waals surface area contributed by atoms with Crippen LogP contribution < -0.4 is 0 Å². The van der Waals surface area contributed by atoms with Gasteiger partial charge < -0.3 is 4.74 Å². The molecule has 0 saturated carbocycles. The molecule has 5 heteroatoms. The maximum Gasteiger partial charge on any atom is 0.158 e. The van der Waals surface area contributed by atoms with Crippen molar-refractivity contribution in [3.05, 3.63) is 22.4 Å². The molecular formula is C11H14BrN3O. The SMILES string of the molecule is COCCCn1ncc2cc(Br)c(C)nc21. The van der Waals surface area contributed by atoms with E-state index in [9.17, 15) is 0 Å². The summed E-state index contributed by atoms with van der Waals surface area (Å²) in [6.07, 6.45) is 2.80. The molecule has 0 radical (unpaired) electrons. The lowest BCUT2D eigenvalue weighted by molar-refractivity contribution is 0.189. The van der Waals surface area contributed by atoms with Crippen LogP contribution in [0.25, 0.3) is 11.0 Å². The van der Waals surface area contributed by atoms with Crippen LogP contribution in [0.2, 0.25) is 0 Å². The zero-order valence-electron chi connectivity index (χ0n) is 9.40. The van der Waals surface area contributed by atoms with Gasteiger partial charge >= 0.3 is 0 Å². The number of hydrogen-bond donors (Lipinski definition) is 0. The molecule has 0 saturated heterocycles. The van der Waals surface area contributed by atoms with Crippen molar-refractivity contribution in [1.82, 2.24) is 14.8 Å². The second-order valence-electron chi connectivity index (χ2n) is 3.68. The van der Waals surface area contributed by atoms with Crippen LogP contribution in [0, 0.1) is 6.92 Å². The summed E-state index contributed by atoms with van der Waals surface area (Å²) < 4.78 is 7.97. The summed E-state index contributed by atoms with van der Waals surface area (Å²) in [6.45, 7) is 3.57. The van der Waals surface area contributed by atoms with Crippen LogP contribution in [0.4, 0.5) is 0 Å². The van der Waals surface area contributed by atoms with Gasteiger partial charge in [-0.3, -0.25) is 0 Å². The summed E-state index contributed by atoms with van der Waals surface area (Å²) >= 11 is 3.47. The standard InChI is InChI=1S/C11H14BrN3O/c1-8-10(12)6-9-7-13-15(11(9)14-8)4-3-5-16-2/h6-7H,3-5H2,1-2H3. The number of aryl methyl sites for hydroxylation is 2. The molecule has 2 aromatic rings. The normalized spacial score (nSPS) is 11.2. The first kappa shape index (κ1) is 11.5. The summed E-state index contributed by atoms with van der Waals surface area (Å²) in [7, 11) is 1.71. The van der Waals surface area contributed by atoms with Crippen molar-refractivity contribution < 1.29 is 4.74 Å². The maximum atomic E-state index is 5.03. The van der Waals surface area contributed by atoms with E-state index in [0.717, 1.165) is 40.8 Å². The van der Waals surface area contributed by atoms with Crippen LogP contribution in [0.15, 0.2) is 16.7 Å². The Morgan fingerprint density at radius 3 is 3.06 bits per heavy atom. The van der Waals surface area contributed by atoms with Crippen molar-refractivity contribution in [2.45, 2.75) is 19.9 Å². The second-order valence-corrected chi connectivity index (χ2v) is 4.54. The minimum atomic E-state index is 0.747. The Kier molecular flexibility index (Phi) is 3.56. The molecule has 16 heavy (non-hydrogen) atoms. The molecule has 0 aliphatic heterocycles. The van der Waals surface area contributed by atoms with Crippen molar-refractivity contribution in [1.29, 1.82) is 0 Å². The highest BCUT2D eigenvalue weighted by Crippen LogP contribution is 2.20. The van der Waals surface area contributed by atoms with Crippen molar-refractivity contribution in [2.24, 2.45) is 0 Å². The number of fused-ring (bicyclic) bond motifs is 1. The summed E-state index contributed by atoms with van der Waals surface area (Å²) in [5.41, 5.74) is 1.93. The number of pyridine rings is 1. The van der Waals surface area contributed by atoms with Gasteiger partial charge in [-0.05, 0) is 35.3 Å². The van der Waals surface area contributed by atoms with Crippen LogP contribution in [0.1, 0.15) is 12.1 Å². The number of rotatable bonds is 4. The molecule has 0 spiro atoms. The third-order valence-corrected chi connectivity index (χ3v) is 3.26. The van der Waals surface area contributed by atoms with Crippen LogP contribution in [0.5, 0.6) is 0 Å². The number of halogens is 1. The van der Waals surface area contributed by atoms with Gasteiger partial charge in [-0.1, -0.05) is 0 Å². The molecule has 0 atom stereocenters. The number of nitrogens with zero attached hydrogens (tertiary/aromatic N) is 3. The molecule has 0 aliphatic rings. The average molecular weight is 284 g/mol. The lowest BCUT2D eigenvalue weighted by Crippen LogP contribution is -2.04. The zero-order chi connectivity index (χ0) is 11.5. The molecule has 0 N–H and O–H groups in total. The van der Waals surface area contributed by atoms with Gasteiger partial charge in [0.1, 0.15) is 0 Å². The molecule has 0 unspecified atom stereocenters. The second kappa shape index (κ2) is 4.93. The lowest BCUT2D eigenvalue weighted by Gasteiger charge is -2.03. The van der Waals surface area contributed by atoms with E-state index < -0.39 is 0 Å². The Labute approximate surface area is 103 Å². The number of hydrogen-bond acceptors (Lipinski definition) is 3. The van der Waals surface area contributed by atoms with Crippen LogP contribution in [-0.4, -0.2) is 28.5 Å². The molecule has 0 aliphatic carbocycles. The predicted molar refractivity (Wildman–Crippen MR) is 66.5 cm³/mol. The average Bonchev–Trinajstić information content (AvgIpc) is 2.63. The summed E-state index contributed by atoms with van der Waals surface area (Å²) in [4.78, 5) is 4.53. The Morgan fingerprint density at radius 2 is 2.31 bits per heavy atom. The molecule has 0 amide bonds. The lowest BCUT2D eigenvalue weighted by atomic mass is 10.3. The van der Waals surface area contributed by atoms with E-state index in [4.69, 9.17) is 4.74 Å². The van der Waals surface area contributed by atoms with E-state index in [2.05, 4.69) is 32.1 Å². The molecule has 0 bridgehead atoms. The van der Waals surface area contributed by atoms with Gasteiger partial charge in [-0.2, -0.15) is 5.10 Å². The smallest absolute Gasteiger partial charge is 0.158 e. The third-order valence-electron chi connectivity index (χ3n) is 2.46. The van der Waals surface area contributed by atoms with Crippen molar-refractivity contribution in [3.8, 4) is 0 Å². The highest BCUT2D eigenvalue weighted by Gasteiger charge is 2.06. The molecule has 2 aromatic heterocycles. The molecule has 2 heterocycles. The third kappa shape index (κ3) is 2.25. The van der Waals surface area contributed by atoms with Gasteiger partial charge in [-0.15, -0.1) is 0 Å². The van der Waals surface area contributed by atoms with E-state index in [1.165, 1.54) is 0 Å². The fourth-order valence-electron chi connectivity index (χ4n) is 1.59. The van der Waals surface area contributed by atoms with E-state index in [1.807, 2.05) is 17.8 Å². The Bertz CT molecular complexity index is 495. The Hall–Kier alpha value is -0.940. The van der Waals surface area contributed by atoms with E-state index in [0.29, 0.717) is 0 Å². The van der Waals surface area contributed by atoms with Gasteiger partial charge in [0, 0.05) is 30.1 Å². The van der Waals surface area contributed by atoms with Crippen LogP contribution >= 0.6 is 15.9 Å². The van der Waals surface area contributed by atoms with Gasteiger partial charge in [0.25, 0.3) is 0 Å². The fraction of sp³-hybridized carbons (Fsp3) is 0.455. The van der Waals surface area contributed by atoms with Crippen molar-refractivity contribution >= 4 is 27.0 Å². The highest BCUT2D eigenvalue weighted by molar-refractivity contribution is 9.10. The van der Waals surface area contributed by atoms with Gasteiger partial charge in [-0.25, -0.2) is 9.67 Å². The molecule has 0 aromatic carbocycles. The number of methoxy groups -OCH3 is 1. The summed E-state index contributed by atoms with van der Waals surface area (Å²) in [6, 6.07) is 2.05. The molecule has 0 fully saturated rings. The maximum absolute atomic E-state index is 5.03. The zero-order valence-corrected chi connectivity index (χ0v) is 11.0. The number of aromatic nitrogens is 3. The van der Waals surface area contributed by atoms with Crippen LogP contribution in [0.3, 0.4) is 0 Å². The molecule has 2 rings (SSSR count). The first-order valence-corrected chi connectivity index (χ1v) is 5.99. The minimum absolute atomic E-state index is 0.747. The Balaban J connectivity index is 2.29. The Morgan fingerprint density at radius 1 is 1.50 bits per heavy atom. The van der Waals surface area contributed by atoms with Gasteiger partial charge in [0.15, 0.2) is 5.65 Å². The van der Waals surface area contributed by atoms with E-state index >= 15 is 0 Å². The largest absolute Gasteiger partial charge is 0.385 e. The fourth-order valence-corrected chi connectivity index (χ4v) is 1.93. The monoisotopic (exact) mass is 283 g/mol. The summed E-state index contributed by atoms with van der Waals surface area (Å²) in [5.74, 6) is 0. The molecule has 4 nitrogen and oxygen atoms in total. The van der Waals surface area contributed by atoms with Gasteiger partial charge in [0.05, 0.1) is 11.9 Å². The van der Waals surface area contributed by atoms with Crippen molar-refractivity contribution in [2.75, 3.05) is 13.7 Å². The number of ether oxygens (including phenoxy) is 1. The highest BCUT2D eigenvalue weighted by atomic mass is 79.9. The van der Waals surface area contributed by atoms with Crippen LogP contribution in [-0.2, 0) is 11.3 Å². The first-order valence-electron chi connectivity index (χ1n) is 5.20. The van der Waals surface area contributed by atoms with Gasteiger partial charge in [0.2, 0.25) is 0 Å². The topological polar surface area (TPSA) is 39.9 Å². The summed E-state index contributed by atoms with van der Waals surface area (Å²) in [5, 5.41) is 5.39. The first-order chi connectivity index (χ1) is 7.72. The van der Waals surface area contributed by atoms with Crippen molar-refractivity contribution in [3.63, 3.8) is 0 Å². The van der Waals surface area contributed by atoms with E-state index in [-0.39, 0.29) is 0 Å².